The van der Waals surface area contributed by atoms with Crippen LogP contribution < -0.4 is 5.32 Å². The molecule has 1 amide bonds. The second kappa shape index (κ2) is 7.82. The number of halogens is 1. The van der Waals surface area contributed by atoms with Gasteiger partial charge >= 0.3 is 11.9 Å². The highest BCUT2D eigenvalue weighted by Crippen LogP contribution is 2.18. The van der Waals surface area contributed by atoms with Gasteiger partial charge in [0.1, 0.15) is 0 Å². The van der Waals surface area contributed by atoms with Gasteiger partial charge in [-0.2, -0.15) is 0 Å². The van der Waals surface area contributed by atoms with Gasteiger partial charge < -0.3 is 25.1 Å². The zero-order valence-corrected chi connectivity index (χ0v) is 13.4. The fraction of sp³-hybridized carbons (Fsp3) is 0.188. The Morgan fingerprint density at radius 3 is 2.28 bits per heavy atom. The Balaban J connectivity index is 2.20. The lowest BCUT2D eigenvalue weighted by molar-refractivity contribution is -0.148. The van der Waals surface area contributed by atoms with E-state index in [1.807, 2.05) is 0 Å². The van der Waals surface area contributed by atoms with Crippen LogP contribution in [0.3, 0.4) is 0 Å². The van der Waals surface area contributed by atoms with Crippen molar-refractivity contribution in [1.82, 2.24) is 5.32 Å². The van der Waals surface area contributed by atoms with Crippen LogP contribution in [-0.4, -0.2) is 45.3 Å². The largest absolute Gasteiger partial charge is 0.479 e. The van der Waals surface area contributed by atoms with Crippen molar-refractivity contribution >= 4 is 29.4 Å². The van der Waals surface area contributed by atoms with E-state index in [2.05, 4.69) is 5.32 Å². The maximum atomic E-state index is 12.2. The predicted molar refractivity (Wildman–Crippen MR) is 85.7 cm³/mol. The molecule has 132 valence electrons. The van der Waals surface area contributed by atoms with E-state index in [0.29, 0.717) is 10.6 Å². The lowest BCUT2D eigenvalue weighted by Gasteiger charge is -2.21. The summed E-state index contributed by atoms with van der Waals surface area (Å²) in [5.41, 5.74) is 0.528. The topological polar surface area (TPSA) is 137 Å². The van der Waals surface area contributed by atoms with Gasteiger partial charge in [0.25, 0.3) is 5.91 Å². The Morgan fingerprint density at radius 1 is 1.08 bits per heavy atom. The highest BCUT2D eigenvalue weighted by Gasteiger charge is 2.29. The van der Waals surface area contributed by atoms with Crippen LogP contribution >= 0.6 is 11.6 Å². The van der Waals surface area contributed by atoms with E-state index >= 15 is 0 Å². The SMILES string of the molecule is O=C(O)c1ccc(C(=O)NC(Cc2ccccc2Cl)[C@@H](O)C(=O)O)o1. The standard InChI is InChI=1S/C16H14ClNO7/c17-9-4-2-1-3-8(9)7-10(13(19)16(23)24)18-14(20)11-5-6-12(25-11)15(21)22/h1-6,10,13,19H,7H2,(H,18,20)(H,21,22)(H,23,24)/t10?,13-/m1/s1. The number of carbonyl (C=O) groups is 3. The summed E-state index contributed by atoms with van der Waals surface area (Å²) in [6.07, 6.45) is -1.94. The van der Waals surface area contributed by atoms with Gasteiger partial charge in [-0.05, 0) is 30.2 Å². The molecule has 0 saturated heterocycles. The van der Waals surface area contributed by atoms with E-state index in [-0.39, 0.29) is 12.2 Å². The van der Waals surface area contributed by atoms with E-state index in [1.54, 1.807) is 24.3 Å². The minimum Gasteiger partial charge on any atom is -0.479 e. The average Bonchev–Trinajstić information content (AvgIpc) is 3.05. The number of carboxylic acid groups (broad SMARTS) is 2. The zero-order chi connectivity index (χ0) is 18.6. The molecule has 1 aromatic heterocycles. The van der Waals surface area contributed by atoms with E-state index in [1.165, 1.54) is 0 Å². The number of furan rings is 1. The van der Waals surface area contributed by atoms with E-state index in [4.69, 9.17) is 26.2 Å². The third-order valence-corrected chi connectivity index (χ3v) is 3.76. The second-order valence-electron chi connectivity index (χ2n) is 5.13. The van der Waals surface area contributed by atoms with Gasteiger partial charge in [-0.3, -0.25) is 4.79 Å². The first kappa shape index (κ1) is 18.5. The first-order chi connectivity index (χ1) is 11.8. The van der Waals surface area contributed by atoms with Crippen LogP contribution in [0, 0.1) is 0 Å². The summed E-state index contributed by atoms with van der Waals surface area (Å²) in [5, 5.41) is 30.3. The Kier molecular flexibility index (Phi) is 5.79. The number of hydrogen-bond donors (Lipinski definition) is 4. The normalized spacial score (nSPS) is 13.0. The number of nitrogens with one attached hydrogen (secondary N) is 1. The van der Waals surface area contributed by atoms with Crippen molar-refractivity contribution in [3.05, 3.63) is 58.5 Å². The van der Waals surface area contributed by atoms with E-state index in [0.717, 1.165) is 12.1 Å². The molecule has 2 atom stereocenters. The minimum absolute atomic E-state index is 0.0502. The van der Waals surface area contributed by atoms with Gasteiger partial charge in [0.15, 0.2) is 11.9 Å². The second-order valence-corrected chi connectivity index (χ2v) is 5.53. The number of aliphatic hydroxyl groups excluding tert-OH is 1. The van der Waals surface area contributed by atoms with Crippen LogP contribution in [0.1, 0.15) is 26.7 Å². The summed E-state index contributed by atoms with van der Waals surface area (Å²) in [6.45, 7) is 0. The monoisotopic (exact) mass is 367 g/mol. The van der Waals surface area contributed by atoms with Crippen LogP contribution in [-0.2, 0) is 11.2 Å². The number of aliphatic carboxylic acids is 1. The molecule has 0 fully saturated rings. The quantitative estimate of drug-likeness (QED) is 0.580. The molecule has 0 aliphatic carbocycles. The summed E-state index contributed by atoms with van der Waals surface area (Å²) in [7, 11) is 0. The molecule has 0 spiro atoms. The lowest BCUT2D eigenvalue weighted by Crippen LogP contribution is -2.48. The summed E-state index contributed by atoms with van der Waals surface area (Å²) in [5.74, 6) is -4.49. The third-order valence-electron chi connectivity index (χ3n) is 3.39. The van der Waals surface area contributed by atoms with Crippen LogP contribution in [0.2, 0.25) is 5.02 Å². The summed E-state index contributed by atoms with van der Waals surface area (Å²) in [4.78, 5) is 34.0. The lowest BCUT2D eigenvalue weighted by atomic mass is 10.0. The van der Waals surface area contributed by atoms with Crippen LogP contribution in [0.4, 0.5) is 0 Å². The molecule has 0 bridgehead atoms. The Labute approximate surface area is 146 Å². The molecule has 0 aliphatic heterocycles. The van der Waals surface area contributed by atoms with E-state index < -0.39 is 35.8 Å². The number of amides is 1. The number of aliphatic hydroxyl groups is 1. The summed E-state index contributed by atoms with van der Waals surface area (Å²) in [6, 6.07) is 7.61. The summed E-state index contributed by atoms with van der Waals surface area (Å²) >= 11 is 6.02. The molecule has 2 rings (SSSR count). The fourth-order valence-electron chi connectivity index (χ4n) is 2.13. The zero-order valence-electron chi connectivity index (χ0n) is 12.7. The maximum Gasteiger partial charge on any atom is 0.371 e. The van der Waals surface area contributed by atoms with Crippen molar-refractivity contribution in [2.24, 2.45) is 0 Å². The smallest absolute Gasteiger partial charge is 0.371 e. The molecule has 0 radical (unpaired) electrons. The number of carbonyl (C=O) groups excluding carboxylic acids is 1. The van der Waals surface area contributed by atoms with Crippen molar-refractivity contribution in [2.45, 2.75) is 18.6 Å². The van der Waals surface area contributed by atoms with Crippen molar-refractivity contribution in [3.63, 3.8) is 0 Å². The number of hydrogen-bond acceptors (Lipinski definition) is 5. The highest BCUT2D eigenvalue weighted by molar-refractivity contribution is 6.31. The first-order valence-corrected chi connectivity index (χ1v) is 7.45. The highest BCUT2D eigenvalue weighted by atomic mass is 35.5. The van der Waals surface area contributed by atoms with Crippen LogP contribution in [0.25, 0.3) is 0 Å². The Hall–Kier alpha value is -2.84. The van der Waals surface area contributed by atoms with Crippen molar-refractivity contribution in [2.75, 3.05) is 0 Å². The minimum atomic E-state index is -1.89. The third kappa shape index (κ3) is 4.59. The molecule has 0 aliphatic rings. The molecule has 1 aromatic carbocycles. The molecule has 8 nitrogen and oxygen atoms in total. The number of benzene rings is 1. The fourth-order valence-corrected chi connectivity index (χ4v) is 2.34. The molecule has 2 aromatic rings. The predicted octanol–water partition coefficient (Wildman–Crippen LogP) is 1.42. The first-order valence-electron chi connectivity index (χ1n) is 7.08. The molecular formula is C16H14ClNO7. The average molecular weight is 368 g/mol. The van der Waals surface area contributed by atoms with Crippen molar-refractivity contribution in [3.8, 4) is 0 Å². The van der Waals surface area contributed by atoms with Gasteiger partial charge in [0.2, 0.25) is 5.76 Å². The van der Waals surface area contributed by atoms with Crippen molar-refractivity contribution in [1.29, 1.82) is 0 Å². The molecule has 9 heteroatoms. The van der Waals surface area contributed by atoms with Gasteiger partial charge in [-0.15, -0.1) is 0 Å². The molecule has 1 heterocycles. The molecule has 25 heavy (non-hydrogen) atoms. The van der Waals surface area contributed by atoms with E-state index in [9.17, 15) is 19.5 Å². The molecule has 0 saturated carbocycles. The van der Waals surface area contributed by atoms with Crippen LogP contribution in [0.5, 0.6) is 0 Å². The molecule has 1 unspecified atom stereocenters. The Bertz CT molecular complexity index is 801. The number of carboxylic acids is 2. The number of aromatic carboxylic acids is 1. The Morgan fingerprint density at radius 2 is 1.72 bits per heavy atom. The summed E-state index contributed by atoms with van der Waals surface area (Å²) < 4.78 is 4.86. The van der Waals surface area contributed by atoms with Crippen LogP contribution in [0.15, 0.2) is 40.8 Å². The maximum absolute atomic E-state index is 12.2. The molecule has 4 N–H and O–H groups in total. The van der Waals surface area contributed by atoms with Gasteiger partial charge in [0.05, 0.1) is 6.04 Å². The van der Waals surface area contributed by atoms with Gasteiger partial charge in [-0.25, -0.2) is 9.59 Å². The number of rotatable bonds is 7. The van der Waals surface area contributed by atoms with Crippen molar-refractivity contribution < 1.29 is 34.1 Å². The molecular weight excluding hydrogens is 354 g/mol. The van der Waals surface area contributed by atoms with Gasteiger partial charge in [0, 0.05) is 5.02 Å². The van der Waals surface area contributed by atoms with Gasteiger partial charge in [-0.1, -0.05) is 29.8 Å².